The number of furan rings is 1. The van der Waals surface area contributed by atoms with Crippen molar-refractivity contribution in [1.29, 1.82) is 0 Å². The van der Waals surface area contributed by atoms with Crippen LogP contribution in [0.25, 0.3) is 11.0 Å². The van der Waals surface area contributed by atoms with Gasteiger partial charge in [0, 0.05) is 19.6 Å². The Morgan fingerprint density at radius 2 is 1.83 bits per heavy atom. The second-order valence-corrected chi connectivity index (χ2v) is 3.64. The van der Waals surface area contributed by atoms with Gasteiger partial charge in [0.25, 0.3) is 0 Å². The van der Waals surface area contributed by atoms with Crippen molar-refractivity contribution in [3.8, 4) is 0 Å². The lowest BCUT2D eigenvalue weighted by atomic mass is 10.1. The average molecular weight is 250 g/mol. The molecule has 5 heteroatoms. The third-order valence-electron chi connectivity index (χ3n) is 2.67. The van der Waals surface area contributed by atoms with Gasteiger partial charge in [0.05, 0.1) is 12.7 Å². The molecule has 0 radical (unpaired) electrons. The fourth-order valence-electron chi connectivity index (χ4n) is 1.88. The van der Waals surface area contributed by atoms with E-state index in [4.69, 9.17) is 18.6 Å². The van der Waals surface area contributed by atoms with Gasteiger partial charge in [-0.25, -0.2) is 4.79 Å². The third-order valence-corrected chi connectivity index (χ3v) is 2.67. The van der Waals surface area contributed by atoms with Gasteiger partial charge in [-0.15, -0.1) is 0 Å². The van der Waals surface area contributed by atoms with E-state index in [1.807, 2.05) is 18.2 Å². The Morgan fingerprint density at radius 1 is 1.17 bits per heavy atom. The molecule has 0 N–H and O–H groups in total. The molecule has 0 amide bonds. The van der Waals surface area contributed by atoms with Crippen molar-refractivity contribution >= 4 is 16.9 Å². The number of carbonyl (C=O) groups excluding carboxylic acids is 1. The molecule has 5 nitrogen and oxygen atoms in total. The first kappa shape index (κ1) is 12.6. The summed E-state index contributed by atoms with van der Waals surface area (Å²) in [7, 11) is 4.29. The van der Waals surface area contributed by atoms with Crippen molar-refractivity contribution in [3.63, 3.8) is 0 Å². The molecule has 0 aliphatic heterocycles. The number of methoxy groups -OCH3 is 3. The van der Waals surface area contributed by atoms with Gasteiger partial charge in [-0.1, -0.05) is 18.2 Å². The highest BCUT2D eigenvalue weighted by atomic mass is 16.7. The topological polar surface area (TPSA) is 57.9 Å². The van der Waals surface area contributed by atoms with E-state index in [0.29, 0.717) is 11.1 Å². The summed E-state index contributed by atoms with van der Waals surface area (Å²) in [6.45, 7) is 0. The van der Waals surface area contributed by atoms with E-state index in [1.165, 1.54) is 21.3 Å². The number of carbonyl (C=O) groups is 1. The van der Waals surface area contributed by atoms with Crippen LogP contribution in [0.4, 0.5) is 0 Å². The van der Waals surface area contributed by atoms with Crippen LogP contribution in [0.2, 0.25) is 0 Å². The lowest BCUT2D eigenvalue weighted by Gasteiger charge is -2.13. The summed E-state index contributed by atoms with van der Waals surface area (Å²) in [5.74, 6) is -0.451. The Balaban J connectivity index is 2.68. The molecule has 0 atom stereocenters. The van der Waals surface area contributed by atoms with Crippen molar-refractivity contribution < 1.29 is 23.4 Å². The third kappa shape index (κ3) is 1.98. The number of hydrogen-bond acceptors (Lipinski definition) is 5. The molecule has 0 saturated carbocycles. The quantitative estimate of drug-likeness (QED) is 0.616. The van der Waals surface area contributed by atoms with Crippen LogP contribution >= 0.6 is 0 Å². The molecule has 2 aromatic rings. The van der Waals surface area contributed by atoms with E-state index in [1.54, 1.807) is 6.07 Å². The van der Waals surface area contributed by atoms with E-state index in [-0.39, 0.29) is 5.76 Å². The first-order valence-electron chi connectivity index (χ1n) is 5.38. The summed E-state index contributed by atoms with van der Waals surface area (Å²) in [6.07, 6.45) is -0.678. The van der Waals surface area contributed by atoms with Crippen molar-refractivity contribution in [1.82, 2.24) is 0 Å². The van der Waals surface area contributed by atoms with E-state index in [9.17, 15) is 4.79 Å². The van der Waals surface area contributed by atoms with Crippen molar-refractivity contribution in [2.45, 2.75) is 6.29 Å². The van der Waals surface area contributed by atoms with Crippen LogP contribution in [-0.2, 0) is 14.2 Å². The number of esters is 1. The number of rotatable bonds is 4. The lowest BCUT2D eigenvalue weighted by molar-refractivity contribution is -0.105. The van der Waals surface area contributed by atoms with E-state index in [2.05, 4.69) is 0 Å². The molecule has 0 aliphatic rings. The summed E-state index contributed by atoms with van der Waals surface area (Å²) in [5, 5.41) is 0.770. The Kier molecular flexibility index (Phi) is 3.64. The summed E-state index contributed by atoms with van der Waals surface area (Å²) in [5.41, 5.74) is 1.13. The average Bonchev–Trinajstić information content (AvgIpc) is 2.79. The summed E-state index contributed by atoms with van der Waals surface area (Å²) in [4.78, 5) is 11.7. The fraction of sp³-hybridized carbons (Fsp3) is 0.308. The molecule has 0 unspecified atom stereocenters. The van der Waals surface area contributed by atoms with Crippen molar-refractivity contribution in [2.24, 2.45) is 0 Å². The predicted molar refractivity (Wildman–Crippen MR) is 64.3 cm³/mol. The summed E-state index contributed by atoms with van der Waals surface area (Å²) in [6, 6.07) is 7.29. The van der Waals surface area contributed by atoms with Crippen LogP contribution < -0.4 is 0 Å². The van der Waals surface area contributed by atoms with Crippen LogP contribution in [0.1, 0.15) is 22.4 Å². The van der Waals surface area contributed by atoms with E-state index >= 15 is 0 Å². The maximum absolute atomic E-state index is 11.7. The van der Waals surface area contributed by atoms with Crippen LogP contribution in [0.3, 0.4) is 0 Å². The van der Waals surface area contributed by atoms with Crippen LogP contribution in [0.15, 0.2) is 28.7 Å². The zero-order chi connectivity index (χ0) is 13.1. The zero-order valence-electron chi connectivity index (χ0n) is 10.4. The Bertz CT molecular complexity index is 554. The minimum atomic E-state index is -0.678. The minimum absolute atomic E-state index is 0.104. The molecule has 1 heterocycles. The largest absolute Gasteiger partial charge is 0.463 e. The Morgan fingerprint density at radius 3 is 2.44 bits per heavy atom. The normalized spacial score (nSPS) is 11.1. The maximum Gasteiger partial charge on any atom is 0.374 e. The highest BCUT2D eigenvalue weighted by Crippen LogP contribution is 2.33. The van der Waals surface area contributed by atoms with Crippen LogP contribution in [0, 0.1) is 0 Å². The zero-order valence-corrected chi connectivity index (χ0v) is 10.4. The summed E-state index contributed by atoms with van der Waals surface area (Å²) < 4.78 is 20.6. The van der Waals surface area contributed by atoms with E-state index in [0.717, 1.165) is 5.39 Å². The molecule has 1 aromatic carbocycles. The maximum atomic E-state index is 11.7. The SMILES string of the molecule is COC(=O)c1oc2ccccc2c1C(OC)OC. The molecule has 1 aromatic heterocycles. The molecule has 0 spiro atoms. The number of para-hydroxylation sites is 1. The molecular weight excluding hydrogens is 236 g/mol. The number of fused-ring (bicyclic) bond motifs is 1. The molecular formula is C13H14O5. The van der Waals surface area contributed by atoms with Gasteiger partial charge < -0.3 is 18.6 Å². The highest BCUT2D eigenvalue weighted by molar-refractivity contribution is 5.96. The smallest absolute Gasteiger partial charge is 0.374 e. The van der Waals surface area contributed by atoms with Gasteiger partial charge in [0.2, 0.25) is 5.76 Å². The minimum Gasteiger partial charge on any atom is -0.463 e. The monoisotopic (exact) mass is 250 g/mol. The molecule has 0 fully saturated rings. The van der Waals surface area contributed by atoms with Gasteiger partial charge in [-0.2, -0.15) is 0 Å². The Hall–Kier alpha value is -1.85. The van der Waals surface area contributed by atoms with Gasteiger partial charge in [-0.05, 0) is 6.07 Å². The van der Waals surface area contributed by atoms with Gasteiger partial charge in [0.15, 0.2) is 6.29 Å². The van der Waals surface area contributed by atoms with Crippen LogP contribution in [-0.4, -0.2) is 27.3 Å². The van der Waals surface area contributed by atoms with Gasteiger partial charge in [0.1, 0.15) is 5.58 Å². The summed E-state index contributed by atoms with van der Waals surface area (Å²) >= 11 is 0. The van der Waals surface area contributed by atoms with E-state index < -0.39 is 12.3 Å². The predicted octanol–water partition coefficient (Wildman–Crippen LogP) is 2.51. The first-order chi connectivity index (χ1) is 8.72. The molecule has 0 bridgehead atoms. The number of ether oxygens (including phenoxy) is 3. The van der Waals surface area contributed by atoms with Gasteiger partial charge in [-0.3, -0.25) is 0 Å². The van der Waals surface area contributed by atoms with Crippen molar-refractivity contribution in [3.05, 3.63) is 35.6 Å². The second kappa shape index (κ2) is 5.20. The highest BCUT2D eigenvalue weighted by Gasteiger charge is 2.27. The molecule has 0 saturated heterocycles. The van der Waals surface area contributed by atoms with Crippen LogP contribution in [0.5, 0.6) is 0 Å². The van der Waals surface area contributed by atoms with Gasteiger partial charge >= 0.3 is 5.97 Å². The lowest BCUT2D eigenvalue weighted by Crippen LogP contribution is -2.10. The standard InChI is InChI=1S/C13H14O5/c1-15-12(14)11-10(13(16-2)17-3)8-6-4-5-7-9(8)18-11/h4-7,13H,1-3H3. The number of hydrogen-bond donors (Lipinski definition) is 0. The fourth-order valence-corrected chi connectivity index (χ4v) is 1.88. The number of benzene rings is 1. The first-order valence-corrected chi connectivity index (χ1v) is 5.38. The Labute approximate surface area is 104 Å². The second-order valence-electron chi connectivity index (χ2n) is 3.64. The van der Waals surface area contributed by atoms with Crippen molar-refractivity contribution in [2.75, 3.05) is 21.3 Å². The molecule has 18 heavy (non-hydrogen) atoms. The molecule has 0 aliphatic carbocycles. The molecule has 2 rings (SSSR count). The molecule has 96 valence electrons.